The lowest BCUT2D eigenvalue weighted by Crippen LogP contribution is -2.29. The fraction of sp³-hybridized carbons (Fsp3) is 0.786. The van der Waals surface area contributed by atoms with E-state index in [9.17, 15) is 0 Å². The number of nitrogens with one attached hydrogen (secondary N) is 2. The van der Waals surface area contributed by atoms with Crippen LogP contribution in [0, 0.1) is 11.3 Å². The van der Waals surface area contributed by atoms with Crippen LogP contribution < -0.4 is 15.4 Å². The monoisotopic (exact) mass is 281 g/mol. The zero-order valence-corrected chi connectivity index (χ0v) is 13.6. The van der Waals surface area contributed by atoms with Crippen LogP contribution in [-0.2, 0) is 0 Å². The van der Waals surface area contributed by atoms with Gasteiger partial charge in [-0.1, -0.05) is 27.7 Å². The summed E-state index contributed by atoms with van der Waals surface area (Å²) >= 11 is 0. The standard InChI is InChI=1S/C14H27N5O/c1-9(2)14(5,6)8-16-12-17-11(15-7)18-13(19-12)20-10(3)4/h9-10H,8H2,1-7H3,(H2,15,16,17,18,19). The molecule has 2 N–H and O–H groups in total. The van der Waals surface area contributed by atoms with E-state index in [-0.39, 0.29) is 11.5 Å². The topological polar surface area (TPSA) is 72.0 Å². The Labute approximate surface area is 121 Å². The van der Waals surface area contributed by atoms with Gasteiger partial charge in [-0.3, -0.25) is 0 Å². The maximum absolute atomic E-state index is 5.53. The zero-order chi connectivity index (χ0) is 15.3. The third-order valence-electron chi connectivity index (χ3n) is 3.44. The van der Waals surface area contributed by atoms with E-state index in [1.165, 1.54) is 0 Å². The van der Waals surface area contributed by atoms with Gasteiger partial charge in [-0.15, -0.1) is 0 Å². The lowest BCUT2D eigenvalue weighted by Gasteiger charge is -2.29. The van der Waals surface area contributed by atoms with Crippen molar-refractivity contribution in [2.24, 2.45) is 11.3 Å². The third-order valence-corrected chi connectivity index (χ3v) is 3.44. The molecule has 0 bridgehead atoms. The van der Waals surface area contributed by atoms with Crippen LogP contribution in [0.25, 0.3) is 0 Å². The molecule has 0 unspecified atom stereocenters. The maximum atomic E-state index is 5.53. The van der Waals surface area contributed by atoms with Crippen LogP contribution in [-0.4, -0.2) is 34.6 Å². The van der Waals surface area contributed by atoms with Crippen molar-refractivity contribution < 1.29 is 4.74 Å². The predicted molar refractivity (Wildman–Crippen MR) is 82.2 cm³/mol. The molecule has 6 heteroatoms. The van der Waals surface area contributed by atoms with E-state index in [1.54, 1.807) is 7.05 Å². The first-order valence-corrected chi connectivity index (χ1v) is 7.09. The Bertz CT molecular complexity index is 432. The molecule has 1 rings (SSSR count). The van der Waals surface area contributed by atoms with Gasteiger partial charge in [0, 0.05) is 13.6 Å². The van der Waals surface area contributed by atoms with Gasteiger partial charge in [-0.05, 0) is 25.2 Å². The molecule has 0 fully saturated rings. The summed E-state index contributed by atoms with van der Waals surface area (Å²) in [5, 5.41) is 6.19. The van der Waals surface area contributed by atoms with E-state index < -0.39 is 0 Å². The molecule has 20 heavy (non-hydrogen) atoms. The van der Waals surface area contributed by atoms with Crippen molar-refractivity contribution >= 4 is 11.9 Å². The Morgan fingerprint density at radius 1 is 1.05 bits per heavy atom. The number of hydrogen-bond acceptors (Lipinski definition) is 6. The van der Waals surface area contributed by atoms with Crippen LogP contribution in [0.4, 0.5) is 11.9 Å². The first kappa shape index (κ1) is 16.5. The molecule has 0 saturated carbocycles. The highest BCUT2D eigenvalue weighted by Crippen LogP contribution is 2.26. The molecule has 0 radical (unpaired) electrons. The van der Waals surface area contributed by atoms with Crippen molar-refractivity contribution in [3.63, 3.8) is 0 Å². The SMILES string of the molecule is CNc1nc(NCC(C)(C)C(C)C)nc(OC(C)C)n1. The molecule has 114 valence electrons. The van der Waals surface area contributed by atoms with Gasteiger partial charge in [0.1, 0.15) is 0 Å². The van der Waals surface area contributed by atoms with E-state index in [0.29, 0.717) is 23.8 Å². The van der Waals surface area contributed by atoms with Crippen molar-refractivity contribution in [2.75, 3.05) is 24.2 Å². The van der Waals surface area contributed by atoms with Crippen LogP contribution in [0.3, 0.4) is 0 Å². The summed E-state index contributed by atoms with van der Waals surface area (Å²) in [6, 6.07) is 0.337. The van der Waals surface area contributed by atoms with Crippen LogP contribution in [0.5, 0.6) is 6.01 Å². The molecule has 0 atom stereocenters. The minimum absolute atomic E-state index is 0.0297. The smallest absolute Gasteiger partial charge is 0.323 e. The molecular formula is C14H27N5O. The summed E-state index contributed by atoms with van der Waals surface area (Å²) in [5.41, 5.74) is 0.158. The second-order valence-electron chi connectivity index (χ2n) is 6.18. The highest BCUT2D eigenvalue weighted by molar-refractivity contribution is 5.35. The Balaban J connectivity index is 2.83. The number of ether oxygens (including phenoxy) is 1. The summed E-state index contributed by atoms with van der Waals surface area (Å²) < 4.78 is 5.53. The highest BCUT2D eigenvalue weighted by atomic mass is 16.5. The number of nitrogens with zero attached hydrogens (tertiary/aromatic N) is 3. The van der Waals surface area contributed by atoms with E-state index in [0.717, 1.165) is 6.54 Å². The summed E-state index contributed by atoms with van der Waals surface area (Å²) in [6.07, 6.45) is 0.0297. The first-order valence-electron chi connectivity index (χ1n) is 7.09. The van der Waals surface area contributed by atoms with Crippen LogP contribution in [0.15, 0.2) is 0 Å². The van der Waals surface area contributed by atoms with E-state index in [2.05, 4.69) is 53.3 Å². The fourth-order valence-corrected chi connectivity index (χ4v) is 1.32. The quantitative estimate of drug-likeness (QED) is 0.800. The summed E-state index contributed by atoms with van der Waals surface area (Å²) in [5.74, 6) is 1.60. The minimum Gasteiger partial charge on any atom is -0.461 e. The van der Waals surface area contributed by atoms with Gasteiger partial charge in [0.15, 0.2) is 0 Å². The highest BCUT2D eigenvalue weighted by Gasteiger charge is 2.22. The Hall–Kier alpha value is -1.59. The molecule has 0 aliphatic heterocycles. The summed E-state index contributed by atoms with van der Waals surface area (Å²) in [6.45, 7) is 13.5. The minimum atomic E-state index is 0.0297. The molecule has 0 aromatic carbocycles. The molecule has 0 spiro atoms. The Kier molecular flexibility index (Phi) is 5.53. The van der Waals surface area contributed by atoms with Gasteiger partial charge < -0.3 is 15.4 Å². The largest absolute Gasteiger partial charge is 0.461 e. The van der Waals surface area contributed by atoms with Gasteiger partial charge in [-0.2, -0.15) is 15.0 Å². The van der Waals surface area contributed by atoms with Crippen molar-refractivity contribution in [1.29, 1.82) is 0 Å². The molecule has 1 heterocycles. The van der Waals surface area contributed by atoms with Crippen LogP contribution in [0.1, 0.15) is 41.5 Å². The van der Waals surface area contributed by atoms with Crippen molar-refractivity contribution in [3.8, 4) is 6.01 Å². The number of aromatic nitrogens is 3. The summed E-state index contributed by atoms with van der Waals surface area (Å²) in [7, 11) is 1.77. The van der Waals surface area contributed by atoms with E-state index in [1.807, 2.05) is 13.8 Å². The molecule has 0 aliphatic carbocycles. The van der Waals surface area contributed by atoms with Crippen molar-refractivity contribution in [1.82, 2.24) is 15.0 Å². The second kappa shape index (κ2) is 6.72. The van der Waals surface area contributed by atoms with Gasteiger partial charge in [0.25, 0.3) is 0 Å². The molecule has 0 amide bonds. The lowest BCUT2D eigenvalue weighted by atomic mass is 9.81. The average Bonchev–Trinajstić information content (AvgIpc) is 2.35. The van der Waals surface area contributed by atoms with Gasteiger partial charge >= 0.3 is 6.01 Å². The van der Waals surface area contributed by atoms with E-state index in [4.69, 9.17) is 4.74 Å². The van der Waals surface area contributed by atoms with Crippen molar-refractivity contribution in [3.05, 3.63) is 0 Å². The van der Waals surface area contributed by atoms with Gasteiger partial charge in [0.05, 0.1) is 6.10 Å². The average molecular weight is 281 g/mol. The second-order valence-corrected chi connectivity index (χ2v) is 6.18. The molecule has 0 saturated heterocycles. The molecule has 6 nitrogen and oxygen atoms in total. The lowest BCUT2D eigenvalue weighted by molar-refractivity contribution is 0.222. The molecule has 1 aromatic rings. The maximum Gasteiger partial charge on any atom is 0.323 e. The Morgan fingerprint density at radius 2 is 1.65 bits per heavy atom. The third kappa shape index (κ3) is 4.83. The van der Waals surface area contributed by atoms with Crippen LogP contribution >= 0.6 is 0 Å². The normalized spacial score (nSPS) is 11.8. The zero-order valence-electron chi connectivity index (χ0n) is 13.6. The van der Waals surface area contributed by atoms with Crippen LogP contribution in [0.2, 0.25) is 0 Å². The molecular weight excluding hydrogens is 254 g/mol. The number of hydrogen-bond donors (Lipinski definition) is 2. The first-order chi connectivity index (χ1) is 9.24. The number of rotatable bonds is 7. The fourth-order valence-electron chi connectivity index (χ4n) is 1.32. The predicted octanol–water partition coefficient (Wildman–Crippen LogP) is 2.79. The Morgan fingerprint density at radius 3 is 2.15 bits per heavy atom. The van der Waals surface area contributed by atoms with Gasteiger partial charge in [-0.25, -0.2) is 0 Å². The molecule has 1 aromatic heterocycles. The van der Waals surface area contributed by atoms with Crippen molar-refractivity contribution in [2.45, 2.75) is 47.6 Å². The molecule has 0 aliphatic rings. The van der Waals surface area contributed by atoms with E-state index >= 15 is 0 Å². The number of anilines is 2. The van der Waals surface area contributed by atoms with Gasteiger partial charge in [0.2, 0.25) is 11.9 Å². The summed E-state index contributed by atoms with van der Waals surface area (Å²) in [4.78, 5) is 12.8.